The van der Waals surface area contributed by atoms with E-state index in [0.29, 0.717) is 29.9 Å². The first kappa shape index (κ1) is 8.51. The molecule has 0 amide bonds. The van der Waals surface area contributed by atoms with Crippen molar-refractivity contribution in [2.75, 3.05) is 6.61 Å². The molecule has 0 saturated carbocycles. The summed E-state index contributed by atoms with van der Waals surface area (Å²) in [5.41, 5.74) is 6.88. The fraction of sp³-hybridized carbons (Fsp3) is 0.400. The van der Waals surface area contributed by atoms with E-state index in [-0.39, 0.29) is 11.9 Å². The van der Waals surface area contributed by atoms with E-state index < -0.39 is 0 Å². The SMILES string of the molecule is CC(N)c1ccc2c(c1F)CCO2. The van der Waals surface area contributed by atoms with Crippen LogP contribution in [0.5, 0.6) is 5.75 Å². The van der Waals surface area contributed by atoms with Crippen LogP contribution < -0.4 is 10.5 Å². The van der Waals surface area contributed by atoms with Crippen molar-refractivity contribution in [2.24, 2.45) is 5.73 Å². The lowest BCUT2D eigenvalue weighted by atomic mass is 10.0. The Balaban J connectivity index is 2.52. The minimum absolute atomic E-state index is 0.190. The average Bonchev–Trinajstić information content (AvgIpc) is 2.52. The molecule has 70 valence electrons. The molecule has 1 aromatic carbocycles. The van der Waals surface area contributed by atoms with E-state index in [0.717, 1.165) is 0 Å². The van der Waals surface area contributed by atoms with Crippen molar-refractivity contribution in [3.8, 4) is 5.75 Å². The molecule has 1 unspecified atom stereocenters. The van der Waals surface area contributed by atoms with Crippen LogP contribution in [0.1, 0.15) is 24.1 Å². The van der Waals surface area contributed by atoms with Crippen LogP contribution in [0, 0.1) is 5.82 Å². The van der Waals surface area contributed by atoms with E-state index in [1.807, 2.05) is 0 Å². The van der Waals surface area contributed by atoms with Crippen LogP contribution in [0.3, 0.4) is 0 Å². The number of benzene rings is 1. The monoisotopic (exact) mass is 181 g/mol. The highest BCUT2D eigenvalue weighted by Crippen LogP contribution is 2.31. The summed E-state index contributed by atoms with van der Waals surface area (Å²) in [5, 5.41) is 0. The van der Waals surface area contributed by atoms with Crippen LogP contribution in [0.25, 0.3) is 0 Å². The van der Waals surface area contributed by atoms with E-state index in [1.165, 1.54) is 0 Å². The van der Waals surface area contributed by atoms with Gasteiger partial charge in [0, 0.05) is 23.6 Å². The average molecular weight is 181 g/mol. The van der Waals surface area contributed by atoms with Crippen LogP contribution >= 0.6 is 0 Å². The lowest BCUT2D eigenvalue weighted by molar-refractivity contribution is 0.356. The van der Waals surface area contributed by atoms with Crippen LogP contribution in [-0.4, -0.2) is 6.61 Å². The van der Waals surface area contributed by atoms with Crippen LogP contribution in [0.15, 0.2) is 12.1 Å². The van der Waals surface area contributed by atoms with Crippen molar-refractivity contribution in [3.63, 3.8) is 0 Å². The van der Waals surface area contributed by atoms with E-state index in [1.54, 1.807) is 19.1 Å². The summed E-state index contributed by atoms with van der Waals surface area (Å²) in [5.74, 6) is 0.479. The van der Waals surface area contributed by atoms with Crippen molar-refractivity contribution in [2.45, 2.75) is 19.4 Å². The molecule has 1 aromatic rings. The van der Waals surface area contributed by atoms with Crippen molar-refractivity contribution < 1.29 is 9.13 Å². The second-order valence-corrected chi connectivity index (χ2v) is 3.33. The minimum Gasteiger partial charge on any atom is -0.493 e. The van der Waals surface area contributed by atoms with Crippen LogP contribution in [0.2, 0.25) is 0 Å². The van der Waals surface area contributed by atoms with Gasteiger partial charge in [-0.3, -0.25) is 0 Å². The minimum atomic E-state index is -0.258. The van der Waals surface area contributed by atoms with Crippen molar-refractivity contribution >= 4 is 0 Å². The predicted octanol–water partition coefficient (Wildman–Crippen LogP) is 1.78. The first-order valence-electron chi connectivity index (χ1n) is 4.40. The predicted molar refractivity (Wildman–Crippen MR) is 48.2 cm³/mol. The van der Waals surface area contributed by atoms with Gasteiger partial charge in [0.25, 0.3) is 0 Å². The van der Waals surface area contributed by atoms with Crippen molar-refractivity contribution in [1.29, 1.82) is 0 Å². The number of ether oxygens (including phenoxy) is 1. The van der Waals surface area contributed by atoms with Gasteiger partial charge in [0.15, 0.2) is 0 Å². The third-order valence-corrected chi connectivity index (χ3v) is 2.33. The summed E-state index contributed by atoms with van der Waals surface area (Å²) in [7, 11) is 0. The Morgan fingerprint density at radius 2 is 2.31 bits per heavy atom. The molecule has 13 heavy (non-hydrogen) atoms. The van der Waals surface area contributed by atoms with Gasteiger partial charge < -0.3 is 10.5 Å². The van der Waals surface area contributed by atoms with E-state index >= 15 is 0 Å². The molecule has 0 bridgehead atoms. The van der Waals surface area contributed by atoms with Gasteiger partial charge in [-0.2, -0.15) is 0 Å². The number of halogens is 1. The summed E-state index contributed by atoms with van der Waals surface area (Å²) in [6.45, 7) is 2.36. The standard InChI is InChI=1S/C10H12FNO/c1-6(12)7-2-3-9-8(10(7)11)4-5-13-9/h2-3,6H,4-5,12H2,1H3. The van der Waals surface area contributed by atoms with E-state index in [2.05, 4.69) is 0 Å². The van der Waals surface area contributed by atoms with Gasteiger partial charge >= 0.3 is 0 Å². The fourth-order valence-electron chi connectivity index (χ4n) is 1.60. The van der Waals surface area contributed by atoms with Crippen LogP contribution in [0.4, 0.5) is 4.39 Å². The van der Waals surface area contributed by atoms with Gasteiger partial charge in [-0.05, 0) is 13.0 Å². The molecule has 1 aliphatic heterocycles. The smallest absolute Gasteiger partial charge is 0.134 e. The Bertz CT molecular complexity index is 336. The molecule has 0 aromatic heterocycles. The van der Waals surface area contributed by atoms with Crippen molar-refractivity contribution in [1.82, 2.24) is 0 Å². The zero-order valence-corrected chi connectivity index (χ0v) is 7.51. The first-order chi connectivity index (χ1) is 6.20. The summed E-state index contributed by atoms with van der Waals surface area (Å²) in [6.07, 6.45) is 0.654. The summed E-state index contributed by atoms with van der Waals surface area (Å²) in [4.78, 5) is 0. The van der Waals surface area contributed by atoms with Gasteiger partial charge in [-0.1, -0.05) is 6.07 Å². The molecule has 1 aliphatic rings. The Labute approximate surface area is 76.5 Å². The number of fused-ring (bicyclic) bond motifs is 1. The molecule has 2 N–H and O–H groups in total. The lowest BCUT2D eigenvalue weighted by Gasteiger charge is -2.09. The second kappa shape index (κ2) is 3.00. The van der Waals surface area contributed by atoms with Gasteiger partial charge in [0.2, 0.25) is 0 Å². The second-order valence-electron chi connectivity index (χ2n) is 3.33. The number of nitrogens with two attached hydrogens (primary N) is 1. The third kappa shape index (κ3) is 1.29. The molecular weight excluding hydrogens is 169 g/mol. The zero-order valence-electron chi connectivity index (χ0n) is 7.51. The van der Waals surface area contributed by atoms with Gasteiger partial charge in [-0.15, -0.1) is 0 Å². The molecule has 0 fully saturated rings. The highest BCUT2D eigenvalue weighted by atomic mass is 19.1. The third-order valence-electron chi connectivity index (χ3n) is 2.33. The molecule has 0 spiro atoms. The van der Waals surface area contributed by atoms with E-state index in [9.17, 15) is 4.39 Å². The summed E-state index contributed by atoms with van der Waals surface area (Å²) >= 11 is 0. The molecule has 1 heterocycles. The molecule has 0 aliphatic carbocycles. The largest absolute Gasteiger partial charge is 0.493 e. The molecule has 2 rings (SSSR count). The maximum Gasteiger partial charge on any atom is 0.134 e. The Morgan fingerprint density at radius 1 is 1.54 bits per heavy atom. The molecule has 1 atom stereocenters. The molecule has 0 radical (unpaired) electrons. The van der Waals surface area contributed by atoms with Crippen molar-refractivity contribution in [3.05, 3.63) is 29.1 Å². The molecule has 2 nitrogen and oxygen atoms in total. The Morgan fingerprint density at radius 3 is 3.00 bits per heavy atom. The summed E-state index contributed by atoms with van der Waals surface area (Å²) < 4.78 is 18.9. The van der Waals surface area contributed by atoms with E-state index in [4.69, 9.17) is 10.5 Å². The fourth-order valence-corrected chi connectivity index (χ4v) is 1.60. The van der Waals surface area contributed by atoms with Gasteiger partial charge in [-0.25, -0.2) is 4.39 Å². The van der Waals surface area contributed by atoms with Gasteiger partial charge in [0.1, 0.15) is 11.6 Å². The Kier molecular flexibility index (Phi) is 1.96. The molecule has 0 saturated heterocycles. The zero-order chi connectivity index (χ0) is 9.42. The number of rotatable bonds is 1. The molecular formula is C10H12FNO. The normalized spacial score (nSPS) is 16.5. The summed E-state index contributed by atoms with van der Waals surface area (Å²) in [6, 6.07) is 3.24. The maximum atomic E-state index is 13.7. The highest BCUT2D eigenvalue weighted by molar-refractivity contribution is 5.42. The number of hydrogen-bond acceptors (Lipinski definition) is 2. The quantitative estimate of drug-likeness (QED) is 0.716. The number of hydrogen-bond donors (Lipinski definition) is 1. The topological polar surface area (TPSA) is 35.2 Å². The molecule has 3 heteroatoms. The highest BCUT2D eigenvalue weighted by Gasteiger charge is 2.20. The first-order valence-corrected chi connectivity index (χ1v) is 4.40. The van der Waals surface area contributed by atoms with Crippen LogP contribution in [-0.2, 0) is 6.42 Å². The maximum absolute atomic E-state index is 13.7. The Hall–Kier alpha value is -1.09. The van der Waals surface area contributed by atoms with Gasteiger partial charge in [0.05, 0.1) is 6.61 Å². The lowest BCUT2D eigenvalue weighted by Crippen LogP contribution is -2.08.